The molecule has 0 fully saturated rings. The largest absolute Gasteiger partial charge is 0.496 e. The Morgan fingerprint density at radius 3 is 2.93 bits per heavy atom. The normalized spacial score (nSPS) is 9.00. The number of nitrogens with one attached hydrogen (secondary N) is 1. The first-order chi connectivity index (χ1) is 6.27. The van der Waals surface area contributed by atoms with Crippen LogP contribution in [0.4, 0.5) is 0 Å². The third kappa shape index (κ3) is 3.53. The summed E-state index contributed by atoms with van der Waals surface area (Å²) in [6, 6.07) is 1.70. The molecule has 4 nitrogen and oxygen atoms in total. The summed E-state index contributed by atoms with van der Waals surface area (Å²) >= 11 is 1.35. The monoisotopic (exact) mass is 236 g/mol. The van der Waals surface area contributed by atoms with E-state index in [9.17, 15) is 4.79 Å². The van der Waals surface area contributed by atoms with E-state index >= 15 is 0 Å². The molecule has 0 saturated heterocycles. The Labute approximate surface area is 92.8 Å². The van der Waals surface area contributed by atoms with E-state index < -0.39 is 0 Å². The molecule has 1 aromatic heterocycles. The fourth-order valence-corrected chi connectivity index (χ4v) is 1.59. The Morgan fingerprint density at radius 1 is 1.71 bits per heavy atom. The molecule has 0 unspecified atom stereocenters. The molecular weight excluding hydrogens is 224 g/mol. The van der Waals surface area contributed by atoms with Crippen LogP contribution in [0.15, 0.2) is 11.4 Å². The maximum Gasteiger partial charge on any atom is 0.261 e. The van der Waals surface area contributed by atoms with Crippen molar-refractivity contribution in [1.82, 2.24) is 5.32 Å². The highest BCUT2D eigenvalue weighted by molar-refractivity contribution is 7.12. The molecule has 0 saturated carbocycles. The quantitative estimate of drug-likeness (QED) is 0.815. The second-order valence-electron chi connectivity index (χ2n) is 2.40. The molecular formula is C8H13ClN2O2S. The molecule has 1 aromatic rings. The van der Waals surface area contributed by atoms with Gasteiger partial charge >= 0.3 is 0 Å². The van der Waals surface area contributed by atoms with Crippen molar-refractivity contribution in [3.63, 3.8) is 0 Å². The minimum atomic E-state index is -0.0984. The van der Waals surface area contributed by atoms with Crippen molar-refractivity contribution in [3.05, 3.63) is 16.3 Å². The number of amides is 1. The number of halogens is 1. The number of rotatable bonds is 4. The molecule has 3 N–H and O–H groups in total. The van der Waals surface area contributed by atoms with Crippen LogP contribution in [0.3, 0.4) is 0 Å². The van der Waals surface area contributed by atoms with Crippen LogP contribution in [0, 0.1) is 0 Å². The first-order valence-corrected chi connectivity index (χ1v) is 4.76. The van der Waals surface area contributed by atoms with Crippen molar-refractivity contribution in [2.45, 2.75) is 0 Å². The molecule has 0 atom stereocenters. The minimum Gasteiger partial charge on any atom is -0.496 e. The molecule has 0 aromatic carbocycles. The number of hydrogen-bond donors (Lipinski definition) is 2. The zero-order valence-corrected chi connectivity index (χ0v) is 9.41. The van der Waals surface area contributed by atoms with Crippen LogP contribution < -0.4 is 15.8 Å². The van der Waals surface area contributed by atoms with Gasteiger partial charge in [0, 0.05) is 24.5 Å². The van der Waals surface area contributed by atoms with E-state index in [0.717, 1.165) is 0 Å². The van der Waals surface area contributed by atoms with E-state index in [1.807, 2.05) is 0 Å². The summed E-state index contributed by atoms with van der Waals surface area (Å²) in [5.41, 5.74) is 5.25. The zero-order chi connectivity index (χ0) is 9.68. The van der Waals surface area contributed by atoms with E-state index in [-0.39, 0.29) is 18.3 Å². The first kappa shape index (κ1) is 13.2. The molecule has 6 heteroatoms. The van der Waals surface area contributed by atoms with Crippen molar-refractivity contribution >= 4 is 29.7 Å². The number of carbonyl (C=O) groups is 1. The third-order valence-corrected chi connectivity index (χ3v) is 2.37. The summed E-state index contributed by atoms with van der Waals surface area (Å²) in [7, 11) is 1.57. The van der Waals surface area contributed by atoms with Crippen LogP contribution in [0.25, 0.3) is 0 Å². The second kappa shape index (κ2) is 6.64. The Bertz CT molecular complexity index is 291. The molecule has 1 heterocycles. The van der Waals surface area contributed by atoms with Gasteiger partial charge in [0.1, 0.15) is 5.75 Å². The lowest BCUT2D eigenvalue weighted by Gasteiger charge is -1.99. The van der Waals surface area contributed by atoms with Crippen molar-refractivity contribution in [2.24, 2.45) is 5.73 Å². The maximum absolute atomic E-state index is 11.3. The van der Waals surface area contributed by atoms with Gasteiger partial charge in [-0.05, 0) is 0 Å². The van der Waals surface area contributed by atoms with Gasteiger partial charge < -0.3 is 15.8 Å². The average molecular weight is 237 g/mol. The lowest BCUT2D eigenvalue weighted by molar-refractivity contribution is 0.0958. The highest BCUT2D eigenvalue weighted by atomic mass is 35.5. The van der Waals surface area contributed by atoms with Crippen LogP contribution in [0.1, 0.15) is 9.67 Å². The van der Waals surface area contributed by atoms with E-state index in [4.69, 9.17) is 10.5 Å². The SMILES string of the molecule is COc1csc(C(=O)NCCN)c1.Cl. The lowest BCUT2D eigenvalue weighted by atomic mass is 10.4. The smallest absolute Gasteiger partial charge is 0.261 e. The lowest BCUT2D eigenvalue weighted by Crippen LogP contribution is -2.28. The molecule has 0 bridgehead atoms. The Morgan fingerprint density at radius 2 is 2.43 bits per heavy atom. The van der Waals surface area contributed by atoms with Gasteiger partial charge in [-0.25, -0.2) is 0 Å². The summed E-state index contributed by atoms with van der Waals surface area (Å²) in [6.07, 6.45) is 0. The summed E-state index contributed by atoms with van der Waals surface area (Å²) in [5.74, 6) is 0.613. The predicted molar refractivity (Wildman–Crippen MR) is 59.5 cm³/mol. The van der Waals surface area contributed by atoms with Crippen LogP contribution in [0.5, 0.6) is 5.75 Å². The van der Waals surface area contributed by atoms with Crippen molar-refractivity contribution in [2.75, 3.05) is 20.2 Å². The summed E-state index contributed by atoms with van der Waals surface area (Å²) in [4.78, 5) is 12.0. The third-order valence-electron chi connectivity index (χ3n) is 1.46. The van der Waals surface area contributed by atoms with Crippen LogP contribution in [-0.4, -0.2) is 26.1 Å². The highest BCUT2D eigenvalue weighted by Gasteiger charge is 2.07. The summed E-state index contributed by atoms with van der Waals surface area (Å²) in [5, 5.41) is 4.47. The number of ether oxygens (including phenoxy) is 1. The second-order valence-corrected chi connectivity index (χ2v) is 3.31. The number of hydrogen-bond acceptors (Lipinski definition) is 4. The number of thiophene rings is 1. The highest BCUT2D eigenvalue weighted by Crippen LogP contribution is 2.20. The van der Waals surface area contributed by atoms with Gasteiger partial charge in [0.2, 0.25) is 0 Å². The van der Waals surface area contributed by atoms with Crippen LogP contribution in [-0.2, 0) is 0 Å². The molecule has 80 valence electrons. The van der Waals surface area contributed by atoms with E-state index in [0.29, 0.717) is 23.7 Å². The first-order valence-electron chi connectivity index (χ1n) is 3.88. The Balaban J connectivity index is 0.00000169. The van der Waals surface area contributed by atoms with Crippen molar-refractivity contribution < 1.29 is 9.53 Å². The van der Waals surface area contributed by atoms with E-state index in [2.05, 4.69) is 5.32 Å². The average Bonchev–Trinajstić information content (AvgIpc) is 2.62. The van der Waals surface area contributed by atoms with Crippen molar-refractivity contribution in [1.29, 1.82) is 0 Å². The van der Waals surface area contributed by atoms with Crippen molar-refractivity contribution in [3.8, 4) is 5.75 Å². The number of nitrogens with two attached hydrogens (primary N) is 1. The Hall–Kier alpha value is -0.780. The molecule has 0 aliphatic carbocycles. The fraction of sp³-hybridized carbons (Fsp3) is 0.375. The van der Waals surface area contributed by atoms with Gasteiger partial charge in [0.15, 0.2) is 0 Å². The molecule has 14 heavy (non-hydrogen) atoms. The van der Waals surface area contributed by atoms with Gasteiger partial charge in [-0.1, -0.05) is 0 Å². The summed E-state index contributed by atoms with van der Waals surface area (Å²) < 4.78 is 4.96. The summed E-state index contributed by atoms with van der Waals surface area (Å²) in [6.45, 7) is 0.952. The standard InChI is InChI=1S/C8H12N2O2S.ClH/c1-12-6-4-7(13-5-6)8(11)10-3-2-9;/h4-5H,2-3,9H2,1H3,(H,10,11);1H. The predicted octanol–water partition coefficient (Wildman–Crippen LogP) is 0.867. The fourth-order valence-electron chi connectivity index (χ4n) is 0.818. The van der Waals surface area contributed by atoms with Gasteiger partial charge in [-0.15, -0.1) is 23.7 Å². The molecule has 0 aliphatic rings. The van der Waals surface area contributed by atoms with Gasteiger partial charge in [-0.3, -0.25) is 4.79 Å². The molecule has 0 spiro atoms. The molecule has 0 radical (unpaired) electrons. The molecule has 1 rings (SSSR count). The van der Waals surface area contributed by atoms with Gasteiger partial charge in [0.05, 0.1) is 12.0 Å². The zero-order valence-electron chi connectivity index (χ0n) is 7.78. The number of methoxy groups -OCH3 is 1. The van der Waals surface area contributed by atoms with E-state index in [1.165, 1.54) is 11.3 Å². The van der Waals surface area contributed by atoms with Crippen LogP contribution in [0.2, 0.25) is 0 Å². The van der Waals surface area contributed by atoms with Gasteiger partial charge in [-0.2, -0.15) is 0 Å². The Kier molecular flexibility index (Phi) is 6.27. The topological polar surface area (TPSA) is 64.3 Å². The van der Waals surface area contributed by atoms with E-state index in [1.54, 1.807) is 18.6 Å². The minimum absolute atomic E-state index is 0. The maximum atomic E-state index is 11.3. The molecule has 1 amide bonds. The van der Waals surface area contributed by atoms with Crippen LogP contribution >= 0.6 is 23.7 Å². The number of carbonyl (C=O) groups excluding carboxylic acids is 1. The van der Waals surface area contributed by atoms with Gasteiger partial charge in [0.25, 0.3) is 5.91 Å². The molecule has 0 aliphatic heterocycles.